The molecule has 0 aromatic heterocycles. The highest BCUT2D eigenvalue weighted by Gasteiger charge is 2.31. The smallest absolute Gasteiger partial charge is 0.454 e. The third-order valence-electron chi connectivity index (χ3n) is 4.48. The minimum atomic E-state index is -0.470. The number of ether oxygens (including phenoxy) is 1. The van der Waals surface area contributed by atoms with E-state index in [1.54, 1.807) is 25.3 Å². The van der Waals surface area contributed by atoms with Gasteiger partial charge in [-0.3, -0.25) is 0 Å². The van der Waals surface area contributed by atoms with E-state index in [4.69, 9.17) is 14.0 Å². The average molecular weight is 344 g/mol. The van der Waals surface area contributed by atoms with Crippen LogP contribution in [0.4, 0.5) is 4.39 Å². The van der Waals surface area contributed by atoms with Gasteiger partial charge in [0.15, 0.2) is 11.6 Å². The minimum absolute atomic E-state index is 0.207. The fraction of sp³-hybridized carbons (Fsp3) is 0.400. The van der Waals surface area contributed by atoms with Crippen LogP contribution in [0.5, 0.6) is 11.5 Å². The highest BCUT2D eigenvalue weighted by atomic mass is 19.1. The Hall–Kier alpha value is -1.85. The lowest BCUT2D eigenvalue weighted by Crippen LogP contribution is -2.45. The van der Waals surface area contributed by atoms with Crippen molar-refractivity contribution in [2.45, 2.75) is 40.2 Å². The van der Waals surface area contributed by atoms with Crippen molar-refractivity contribution < 1.29 is 18.4 Å². The Balaban J connectivity index is 2.12. The van der Waals surface area contributed by atoms with Crippen molar-refractivity contribution in [3.63, 3.8) is 0 Å². The van der Waals surface area contributed by atoms with Gasteiger partial charge in [-0.05, 0) is 62.0 Å². The second kappa shape index (κ2) is 8.02. The monoisotopic (exact) mass is 344 g/mol. The molecule has 0 bridgehead atoms. The van der Waals surface area contributed by atoms with E-state index in [1.807, 2.05) is 39.0 Å². The predicted octanol–water partition coefficient (Wildman–Crippen LogP) is 4.72. The molecule has 2 rings (SSSR count). The average Bonchev–Trinajstić information content (AvgIpc) is 2.56. The van der Waals surface area contributed by atoms with E-state index >= 15 is 0 Å². The summed E-state index contributed by atoms with van der Waals surface area (Å²) < 4.78 is 31.1. The molecule has 0 aliphatic rings. The van der Waals surface area contributed by atoms with E-state index in [0.717, 1.165) is 11.0 Å². The van der Waals surface area contributed by atoms with E-state index in [-0.39, 0.29) is 17.2 Å². The summed E-state index contributed by atoms with van der Waals surface area (Å²) >= 11 is 0. The van der Waals surface area contributed by atoms with Gasteiger partial charge in [0.05, 0.1) is 5.60 Å². The highest BCUT2D eigenvalue weighted by Crippen LogP contribution is 2.25. The fourth-order valence-corrected chi connectivity index (χ4v) is 2.17. The van der Waals surface area contributed by atoms with E-state index < -0.39 is 7.12 Å². The Kier molecular flexibility index (Phi) is 6.25. The van der Waals surface area contributed by atoms with Gasteiger partial charge in [-0.15, -0.1) is 0 Å². The maximum atomic E-state index is 13.9. The summed E-state index contributed by atoms with van der Waals surface area (Å²) in [6.45, 7) is 10.1. The summed E-state index contributed by atoms with van der Waals surface area (Å²) in [5.74, 6) is 0.737. The molecule has 0 saturated carbocycles. The van der Waals surface area contributed by atoms with Gasteiger partial charge in [-0.1, -0.05) is 32.0 Å². The molecule has 0 N–H and O–H groups in total. The van der Waals surface area contributed by atoms with Crippen molar-refractivity contribution in [2.24, 2.45) is 5.92 Å². The molecule has 0 heterocycles. The molecule has 0 spiro atoms. The van der Waals surface area contributed by atoms with Crippen molar-refractivity contribution in [3.05, 3.63) is 53.8 Å². The van der Waals surface area contributed by atoms with Crippen LogP contribution in [0, 0.1) is 18.7 Å². The standard InChI is InChI=1S/C20H26BFO3/c1-14(2)20(4,5)25-21(23-6)16-8-10-17(11-9-16)24-19-12-7-15(3)13-18(19)22/h7-14H,1-6H3. The Morgan fingerprint density at radius 3 is 2.20 bits per heavy atom. The minimum Gasteiger partial charge on any atom is -0.454 e. The zero-order chi connectivity index (χ0) is 18.6. The predicted molar refractivity (Wildman–Crippen MR) is 100 cm³/mol. The van der Waals surface area contributed by atoms with Gasteiger partial charge in [0, 0.05) is 7.11 Å². The van der Waals surface area contributed by atoms with E-state index in [9.17, 15) is 4.39 Å². The molecule has 25 heavy (non-hydrogen) atoms. The van der Waals surface area contributed by atoms with Crippen LogP contribution in [0.25, 0.3) is 0 Å². The van der Waals surface area contributed by atoms with Crippen LogP contribution in [-0.4, -0.2) is 19.8 Å². The Morgan fingerprint density at radius 2 is 1.68 bits per heavy atom. The molecule has 0 unspecified atom stereocenters. The van der Waals surface area contributed by atoms with Gasteiger partial charge < -0.3 is 14.0 Å². The molecule has 0 aliphatic carbocycles. The zero-order valence-corrected chi connectivity index (χ0v) is 15.8. The number of halogens is 1. The van der Waals surface area contributed by atoms with Crippen molar-refractivity contribution in [3.8, 4) is 11.5 Å². The molecule has 0 fully saturated rings. The summed E-state index contributed by atoms with van der Waals surface area (Å²) in [7, 11) is 1.15. The van der Waals surface area contributed by atoms with Gasteiger partial charge in [0.2, 0.25) is 0 Å². The van der Waals surface area contributed by atoms with Crippen molar-refractivity contribution in [2.75, 3.05) is 7.11 Å². The zero-order valence-electron chi connectivity index (χ0n) is 15.8. The lowest BCUT2D eigenvalue weighted by molar-refractivity contribution is 0.0371. The van der Waals surface area contributed by atoms with Crippen molar-refractivity contribution in [1.82, 2.24) is 0 Å². The van der Waals surface area contributed by atoms with Crippen LogP contribution >= 0.6 is 0 Å². The summed E-state index contributed by atoms with van der Waals surface area (Å²) in [5.41, 5.74) is 1.42. The molecule has 0 aliphatic heterocycles. The van der Waals surface area contributed by atoms with Crippen LogP contribution in [-0.2, 0) is 9.31 Å². The first kappa shape index (κ1) is 19.5. The number of hydrogen-bond donors (Lipinski definition) is 0. The van der Waals surface area contributed by atoms with Gasteiger partial charge >= 0.3 is 7.12 Å². The van der Waals surface area contributed by atoms with E-state index in [1.165, 1.54) is 6.07 Å². The Labute approximate surface area is 150 Å². The van der Waals surface area contributed by atoms with E-state index in [0.29, 0.717) is 11.7 Å². The Bertz CT molecular complexity index is 699. The largest absolute Gasteiger partial charge is 0.494 e. The highest BCUT2D eigenvalue weighted by molar-refractivity contribution is 6.61. The number of hydrogen-bond acceptors (Lipinski definition) is 3. The first-order valence-electron chi connectivity index (χ1n) is 8.47. The van der Waals surface area contributed by atoms with Gasteiger partial charge in [-0.2, -0.15) is 0 Å². The molecule has 0 saturated heterocycles. The molecular weight excluding hydrogens is 318 g/mol. The normalized spacial score (nSPS) is 11.7. The second-order valence-electron chi connectivity index (χ2n) is 7.05. The summed E-state index contributed by atoms with van der Waals surface area (Å²) in [5, 5.41) is 0. The summed E-state index contributed by atoms with van der Waals surface area (Å²) in [4.78, 5) is 0. The maximum Gasteiger partial charge on any atom is 0.494 e. The Morgan fingerprint density at radius 1 is 1.04 bits per heavy atom. The lowest BCUT2D eigenvalue weighted by Gasteiger charge is -2.32. The van der Waals surface area contributed by atoms with Crippen molar-refractivity contribution >= 4 is 12.6 Å². The third-order valence-corrected chi connectivity index (χ3v) is 4.48. The molecule has 2 aromatic rings. The maximum absolute atomic E-state index is 13.9. The third kappa shape index (κ3) is 5.06. The molecule has 0 radical (unpaired) electrons. The molecule has 2 aromatic carbocycles. The number of rotatable bonds is 7. The van der Waals surface area contributed by atoms with E-state index in [2.05, 4.69) is 13.8 Å². The molecule has 134 valence electrons. The quantitative estimate of drug-likeness (QED) is 0.681. The van der Waals surface area contributed by atoms with Crippen LogP contribution in [0.3, 0.4) is 0 Å². The molecular formula is C20H26BFO3. The number of benzene rings is 2. The lowest BCUT2D eigenvalue weighted by atomic mass is 9.77. The number of aryl methyl sites for hydroxylation is 1. The van der Waals surface area contributed by atoms with Crippen LogP contribution < -0.4 is 10.2 Å². The van der Waals surface area contributed by atoms with Gasteiger partial charge in [0.25, 0.3) is 0 Å². The molecule has 0 amide bonds. The summed E-state index contributed by atoms with van der Waals surface area (Å²) in [6, 6.07) is 12.2. The van der Waals surface area contributed by atoms with Crippen LogP contribution in [0.15, 0.2) is 42.5 Å². The molecule has 3 nitrogen and oxygen atoms in total. The SMILES string of the molecule is COB(OC(C)(C)C(C)C)c1ccc(Oc2ccc(C)cc2F)cc1. The molecule has 5 heteroatoms. The topological polar surface area (TPSA) is 27.7 Å². The van der Waals surface area contributed by atoms with Gasteiger partial charge in [0.1, 0.15) is 5.75 Å². The van der Waals surface area contributed by atoms with Gasteiger partial charge in [-0.25, -0.2) is 4.39 Å². The first-order chi connectivity index (χ1) is 11.7. The molecule has 0 atom stereocenters. The second-order valence-corrected chi connectivity index (χ2v) is 7.05. The fourth-order valence-electron chi connectivity index (χ4n) is 2.17. The first-order valence-corrected chi connectivity index (χ1v) is 8.47. The van der Waals surface area contributed by atoms with Crippen molar-refractivity contribution in [1.29, 1.82) is 0 Å². The summed E-state index contributed by atoms with van der Waals surface area (Å²) in [6.07, 6.45) is 0. The van der Waals surface area contributed by atoms with Crippen LogP contribution in [0.1, 0.15) is 33.3 Å². The van der Waals surface area contributed by atoms with Crippen LogP contribution in [0.2, 0.25) is 0 Å².